The zero-order chi connectivity index (χ0) is 17.1. The largest absolute Gasteiger partial charge is 0.494 e. The Labute approximate surface area is 150 Å². The van der Waals surface area contributed by atoms with Gasteiger partial charge in [0.2, 0.25) is 0 Å². The maximum absolute atomic E-state index is 11.3. The molecule has 0 bridgehead atoms. The molecule has 2 N–H and O–H groups in total. The number of carboxylic acids is 1. The summed E-state index contributed by atoms with van der Waals surface area (Å²) in [5.74, 6) is 1.14. The molecule has 3 aromatic rings. The van der Waals surface area contributed by atoms with E-state index in [4.69, 9.17) is 14.2 Å². The highest BCUT2D eigenvalue weighted by molar-refractivity contribution is 6.02. The molecule has 0 unspecified atom stereocenters. The molecule has 0 atom stereocenters. The Morgan fingerprint density at radius 1 is 1.08 bits per heavy atom. The topological polar surface area (TPSA) is 93.7 Å². The van der Waals surface area contributed by atoms with Crippen LogP contribution in [0, 0.1) is 0 Å². The normalized spacial score (nSPS) is 10.2. The molecule has 25 heavy (non-hydrogen) atoms. The van der Waals surface area contributed by atoms with Gasteiger partial charge in [0.1, 0.15) is 29.2 Å². The van der Waals surface area contributed by atoms with Crippen LogP contribution in [0.3, 0.4) is 0 Å². The summed E-state index contributed by atoms with van der Waals surface area (Å²) < 4.78 is 16.2. The van der Waals surface area contributed by atoms with Crippen LogP contribution < -0.4 is 14.2 Å². The van der Waals surface area contributed by atoms with Gasteiger partial charge in [0.25, 0.3) is 0 Å². The number of benzene rings is 2. The van der Waals surface area contributed by atoms with Gasteiger partial charge in [-0.05, 0) is 24.3 Å². The fraction of sp³-hybridized carbons (Fsp3) is 0.176. The second-order valence-corrected chi connectivity index (χ2v) is 4.97. The number of rotatable bonds is 6. The van der Waals surface area contributed by atoms with Gasteiger partial charge in [0, 0.05) is 0 Å². The fourth-order valence-electron chi connectivity index (χ4n) is 2.41. The zero-order valence-electron chi connectivity index (χ0n) is 13.6. The van der Waals surface area contributed by atoms with E-state index in [0.29, 0.717) is 34.1 Å². The maximum atomic E-state index is 11.3. The quantitative estimate of drug-likeness (QED) is 0.697. The van der Waals surface area contributed by atoms with Crippen molar-refractivity contribution in [2.75, 3.05) is 14.2 Å². The molecule has 1 heterocycles. The lowest BCUT2D eigenvalue weighted by Gasteiger charge is -2.08. The Morgan fingerprint density at radius 2 is 1.76 bits per heavy atom. The first kappa shape index (κ1) is 18.4. The Morgan fingerprint density at radius 3 is 2.40 bits per heavy atom. The van der Waals surface area contributed by atoms with Gasteiger partial charge in [0.15, 0.2) is 11.5 Å². The number of aromatic carboxylic acids is 1. The van der Waals surface area contributed by atoms with Crippen LogP contribution in [-0.4, -0.2) is 35.3 Å². The van der Waals surface area contributed by atoms with Crippen molar-refractivity contribution in [2.45, 2.75) is 6.61 Å². The molecule has 132 valence electrons. The molecular formula is C17H17ClN2O5. The summed E-state index contributed by atoms with van der Waals surface area (Å²) >= 11 is 0. The number of ether oxygens (including phenoxy) is 3. The molecule has 1 aromatic heterocycles. The number of fused-ring (bicyclic) bond motifs is 1. The highest BCUT2D eigenvalue weighted by Crippen LogP contribution is 2.29. The number of para-hydroxylation sites is 2. The van der Waals surface area contributed by atoms with Crippen molar-refractivity contribution >= 4 is 29.4 Å². The Bertz CT molecular complexity index is 894. The van der Waals surface area contributed by atoms with E-state index in [0.717, 1.165) is 0 Å². The number of halogens is 1. The second kappa shape index (κ2) is 7.76. The summed E-state index contributed by atoms with van der Waals surface area (Å²) in [5, 5.41) is 9.29. The predicted molar refractivity (Wildman–Crippen MR) is 94.2 cm³/mol. The van der Waals surface area contributed by atoms with Crippen molar-refractivity contribution in [3.63, 3.8) is 0 Å². The first-order valence-corrected chi connectivity index (χ1v) is 7.18. The molecule has 0 amide bonds. The van der Waals surface area contributed by atoms with Crippen molar-refractivity contribution in [3.8, 4) is 17.2 Å². The number of aromatic amines is 1. The molecule has 0 saturated heterocycles. The Hall–Kier alpha value is -2.93. The fourth-order valence-corrected chi connectivity index (χ4v) is 2.41. The van der Waals surface area contributed by atoms with Gasteiger partial charge in [-0.2, -0.15) is 0 Å². The average molecular weight is 365 g/mol. The van der Waals surface area contributed by atoms with Crippen LogP contribution in [0.5, 0.6) is 17.2 Å². The van der Waals surface area contributed by atoms with Gasteiger partial charge in [-0.25, -0.2) is 9.78 Å². The first-order chi connectivity index (χ1) is 11.6. The molecule has 7 nitrogen and oxygen atoms in total. The lowest BCUT2D eigenvalue weighted by molar-refractivity contribution is 0.0699. The van der Waals surface area contributed by atoms with E-state index in [9.17, 15) is 9.90 Å². The van der Waals surface area contributed by atoms with Crippen LogP contribution in [0.25, 0.3) is 11.0 Å². The third-order valence-electron chi connectivity index (χ3n) is 3.54. The van der Waals surface area contributed by atoms with Gasteiger partial charge < -0.3 is 24.3 Å². The molecule has 0 aliphatic carbocycles. The van der Waals surface area contributed by atoms with Gasteiger partial charge in [-0.15, -0.1) is 12.4 Å². The van der Waals surface area contributed by atoms with Gasteiger partial charge in [0.05, 0.1) is 19.8 Å². The van der Waals surface area contributed by atoms with Crippen LogP contribution in [-0.2, 0) is 6.61 Å². The number of carbonyl (C=O) groups is 1. The highest BCUT2D eigenvalue weighted by Gasteiger charge is 2.17. The molecule has 0 aliphatic rings. The average Bonchev–Trinajstić information content (AvgIpc) is 3.03. The first-order valence-electron chi connectivity index (χ1n) is 7.18. The Kier molecular flexibility index (Phi) is 5.71. The molecule has 0 fully saturated rings. The van der Waals surface area contributed by atoms with Crippen LogP contribution >= 0.6 is 12.4 Å². The van der Waals surface area contributed by atoms with E-state index >= 15 is 0 Å². The van der Waals surface area contributed by atoms with Crippen LogP contribution in [0.4, 0.5) is 0 Å². The molecule has 2 aromatic carbocycles. The summed E-state index contributed by atoms with van der Waals surface area (Å²) in [6, 6.07) is 10.3. The summed E-state index contributed by atoms with van der Waals surface area (Å²) in [5.41, 5.74) is 0.960. The van der Waals surface area contributed by atoms with Crippen molar-refractivity contribution in [1.29, 1.82) is 0 Å². The standard InChI is InChI=1S/C17H16N2O5.ClH/c1-22-11-5-3-4-6-12(11)24-9-14-18-15-10(17(20)21)7-8-13(23-2)16(15)19-14;/h3-8H,9H2,1-2H3,(H,18,19)(H,20,21);1H. The zero-order valence-corrected chi connectivity index (χ0v) is 14.4. The van der Waals surface area contributed by atoms with E-state index in [2.05, 4.69) is 9.97 Å². The van der Waals surface area contributed by atoms with Crippen molar-refractivity contribution < 1.29 is 24.1 Å². The lowest BCUT2D eigenvalue weighted by atomic mass is 10.2. The number of hydrogen-bond acceptors (Lipinski definition) is 5. The number of hydrogen-bond donors (Lipinski definition) is 2. The molecule has 8 heteroatoms. The molecule has 0 aliphatic heterocycles. The molecule has 0 saturated carbocycles. The minimum Gasteiger partial charge on any atom is -0.494 e. The molecular weight excluding hydrogens is 348 g/mol. The maximum Gasteiger partial charge on any atom is 0.337 e. The van der Waals surface area contributed by atoms with Crippen LogP contribution in [0.2, 0.25) is 0 Å². The minimum absolute atomic E-state index is 0. The lowest BCUT2D eigenvalue weighted by Crippen LogP contribution is -1.99. The Balaban J connectivity index is 0.00000225. The van der Waals surface area contributed by atoms with E-state index in [1.807, 2.05) is 12.1 Å². The van der Waals surface area contributed by atoms with Crippen LogP contribution in [0.1, 0.15) is 16.2 Å². The number of methoxy groups -OCH3 is 2. The third kappa shape index (κ3) is 3.61. The summed E-state index contributed by atoms with van der Waals surface area (Å²) in [6.45, 7) is 0.136. The third-order valence-corrected chi connectivity index (χ3v) is 3.54. The number of imidazole rings is 1. The minimum atomic E-state index is -1.05. The number of carboxylic acid groups (broad SMARTS) is 1. The number of H-pyrrole nitrogens is 1. The van der Waals surface area contributed by atoms with E-state index in [-0.39, 0.29) is 24.6 Å². The van der Waals surface area contributed by atoms with Crippen LogP contribution in [0.15, 0.2) is 36.4 Å². The van der Waals surface area contributed by atoms with Crippen molar-refractivity contribution in [3.05, 3.63) is 47.8 Å². The second-order valence-electron chi connectivity index (χ2n) is 4.97. The highest BCUT2D eigenvalue weighted by atomic mass is 35.5. The van der Waals surface area contributed by atoms with E-state index in [1.54, 1.807) is 25.3 Å². The SMILES string of the molecule is COc1ccccc1OCc1nc2c(C(=O)O)ccc(OC)c2[nH]1.Cl. The number of nitrogens with zero attached hydrogens (tertiary/aromatic N) is 1. The van der Waals surface area contributed by atoms with Crippen molar-refractivity contribution in [1.82, 2.24) is 9.97 Å². The molecule has 0 spiro atoms. The monoisotopic (exact) mass is 364 g/mol. The van der Waals surface area contributed by atoms with Gasteiger partial charge >= 0.3 is 5.97 Å². The smallest absolute Gasteiger partial charge is 0.337 e. The van der Waals surface area contributed by atoms with Crippen molar-refractivity contribution in [2.24, 2.45) is 0 Å². The summed E-state index contributed by atoms with van der Waals surface area (Å²) in [7, 11) is 3.08. The summed E-state index contributed by atoms with van der Waals surface area (Å²) in [4.78, 5) is 18.7. The number of aromatic nitrogens is 2. The molecule has 0 radical (unpaired) electrons. The van der Waals surface area contributed by atoms with E-state index < -0.39 is 5.97 Å². The van der Waals surface area contributed by atoms with E-state index in [1.165, 1.54) is 13.2 Å². The number of nitrogens with one attached hydrogen (secondary N) is 1. The summed E-state index contributed by atoms with van der Waals surface area (Å²) in [6.07, 6.45) is 0. The predicted octanol–water partition coefficient (Wildman–Crippen LogP) is 3.28. The van der Waals surface area contributed by atoms with Gasteiger partial charge in [-0.3, -0.25) is 0 Å². The molecule has 3 rings (SSSR count). The van der Waals surface area contributed by atoms with Gasteiger partial charge in [-0.1, -0.05) is 12.1 Å².